The molecule has 0 bridgehead atoms. The van der Waals surface area contributed by atoms with Gasteiger partial charge >= 0.3 is 0 Å². The van der Waals surface area contributed by atoms with Crippen LogP contribution in [0.5, 0.6) is 0 Å². The first-order chi connectivity index (χ1) is 12.2. The number of aromatic nitrogens is 2. The van der Waals surface area contributed by atoms with Crippen LogP contribution >= 0.6 is 11.3 Å². The summed E-state index contributed by atoms with van der Waals surface area (Å²) in [6.07, 6.45) is 0. The molecule has 3 rings (SSSR count). The molecule has 26 heavy (non-hydrogen) atoms. The highest BCUT2D eigenvalue weighted by atomic mass is 32.2. The number of benzene rings is 1. The van der Waals surface area contributed by atoms with Crippen molar-refractivity contribution in [1.82, 2.24) is 9.36 Å². The molecule has 1 aromatic carbocycles. The molecule has 1 N–H and O–H groups in total. The van der Waals surface area contributed by atoms with Gasteiger partial charge in [-0.25, -0.2) is 13.1 Å². The second-order valence-corrected chi connectivity index (χ2v) is 9.56. The number of hydrogen-bond acceptors (Lipinski definition) is 4. The van der Waals surface area contributed by atoms with E-state index in [4.69, 9.17) is 0 Å². The van der Waals surface area contributed by atoms with Crippen LogP contribution in [0.15, 0.2) is 51.5 Å². The van der Waals surface area contributed by atoms with E-state index < -0.39 is 10.0 Å². The van der Waals surface area contributed by atoms with Crippen molar-refractivity contribution >= 4 is 27.0 Å². The molecule has 2 aromatic heterocycles. The molecule has 6 nitrogen and oxygen atoms in total. The SMILES string of the molecule is Cc1ccc(S(=O)(=O)Nc2c(C(C)C)n(C)n(-c3ccccc3)c2=O)s1. The lowest BCUT2D eigenvalue weighted by Crippen LogP contribution is -2.22. The van der Waals surface area contributed by atoms with Crippen molar-refractivity contribution in [2.45, 2.75) is 30.9 Å². The minimum atomic E-state index is -3.81. The minimum Gasteiger partial charge on any atom is -0.283 e. The summed E-state index contributed by atoms with van der Waals surface area (Å²) in [4.78, 5) is 13.9. The first-order valence-corrected chi connectivity index (χ1v) is 10.5. The van der Waals surface area contributed by atoms with Crippen molar-refractivity contribution in [2.75, 3.05) is 4.72 Å². The number of anilines is 1. The van der Waals surface area contributed by atoms with Gasteiger partial charge in [0.2, 0.25) is 0 Å². The van der Waals surface area contributed by atoms with Gasteiger partial charge in [0.1, 0.15) is 9.90 Å². The number of para-hydroxylation sites is 1. The Morgan fingerprint density at radius 2 is 1.73 bits per heavy atom. The van der Waals surface area contributed by atoms with Gasteiger partial charge in [-0.2, -0.15) is 0 Å². The highest BCUT2D eigenvalue weighted by molar-refractivity contribution is 7.94. The molecule has 0 aliphatic heterocycles. The second-order valence-electron chi connectivity index (χ2n) is 6.36. The predicted molar refractivity (Wildman–Crippen MR) is 105 cm³/mol. The average molecular weight is 392 g/mol. The van der Waals surface area contributed by atoms with E-state index in [2.05, 4.69) is 4.72 Å². The first-order valence-electron chi connectivity index (χ1n) is 8.19. The molecule has 0 spiro atoms. The van der Waals surface area contributed by atoms with Gasteiger partial charge in [-0.3, -0.25) is 14.2 Å². The van der Waals surface area contributed by atoms with Gasteiger partial charge in [0.25, 0.3) is 15.6 Å². The fraction of sp³-hybridized carbons (Fsp3) is 0.278. The fourth-order valence-electron chi connectivity index (χ4n) is 2.98. The monoisotopic (exact) mass is 391 g/mol. The third kappa shape index (κ3) is 3.22. The number of hydrogen-bond donors (Lipinski definition) is 1. The first kappa shape index (κ1) is 18.5. The number of nitrogens with one attached hydrogen (secondary N) is 1. The van der Waals surface area contributed by atoms with E-state index in [0.29, 0.717) is 11.4 Å². The van der Waals surface area contributed by atoms with Crippen LogP contribution in [0, 0.1) is 6.92 Å². The summed E-state index contributed by atoms with van der Waals surface area (Å²) < 4.78 is 31.4. The Morgan fingerprint density at radius 1 is 1.08 bits per heavy atom. The Balaban J connectivity index is 2.17. The summed E-state index contributed by atoms with van der Waals surface area (Å²) in [6, 6.07) is 12.5. The average Bonchev–Trinajstić information content (AvgIpc) is 3.11. The molecule has 0 saturated carbocycles. The van der Waals surface area contributed by atoms with E-state index in [9.17, 15) is 13.2 Å². The van der Waals surface area contributed by atoms with E-state index in [0.717, 1.165) is 4.88 Å². The molecule has 0 aliphatic rings. The highest BCUT2D eigenvalue weighted by Crippen LogP contribution is 2.27. The van der Waals surface area contributed by atoms with Gasteiger partial charge < -0.3 is 0 Å². The minimum absolute atomic E-state index is 0.0413. The van der Waals surface area contributed by atoms with Crippen LogP contribution in [0.1, 0.15) is 30.3 Å². The van der Waals surface area contributed by atoms with Crippen molar-refractivity contribution in [3.05, 3.63) is 63.4 Å². The molecular formula is C18H21N3O3S2. The zero-order chi connectivity index (χ0) is 19.1. The second kappa shape index (κ2) is 6.77. The Morgan fingerprint density at radius 3 is 2.27 bits per heavy atom. The number of aryl methyl sites for hydroxylation is 1. The third-order valence-electron chi connectivity index (χ3n) is 4.08. The maximum Gasteiger partial charge on any atom is 0.296 e. The maximum absolute atomic E-state index is 13.0. The molecule has 8 heteroatoms. The number of rotatable bonds is 5. The molecular weight excluding hydrogens is 370 g/mol. The van der Waals surface area contributed by atoms with Crippen molar-refractivity contribution in [1.29, 1.82) is 0 Å². The summed E-state index contributed by atoms with van der Waals surface area (Å²) in [6.45, 7) is 5.70. The van der Waals surface area contributed by atoms with Gasteiger partial charge in [0.15, 0.2) is 0 Å². The zero-order valence-corrected chi connectivity index (χ0v) is 16.7. The van der Waals surface area contributed by atoms with Gasteiger partial charge in [0, 0.05) is 11.9 Å². The normalized spacial score (nSPS) is 11.9. The summed E-state index contributed by atoms with van der Waals surface area (Å²) in [5.74, 6) is -0.0413. The predicted octanol–water partition coefficient (Wildman–Crippen LogP) is 3.47. The van der Waals surface area contributed by atoms with E-state index in [-0.39, 0.29) is 21.4 Å². The molecule has 138 valence electrons. The van der Waals surface area contributed by atoms with Crippen molar-refractivity contribution < 1.29 is 8.42 Å². The van der Waals surface area contributed by atoms with Crippen LogP contribution in [0.2, 0.25) is 0 Å². The number of sulfonamides is 1. The molecule has 2 heterocycles. The summed E-state index contributed by atoms with van der Waals surface area (Å²) >= 11 is 1.18. The Bertz CT molecular complexity index is 1090. The van der Waals surface area contributed by atoms with Gasteiger partial charge in [-0.15, -0.1) is 11.3 Å². The molecule has 3 aromatic rings. The maximum atomic E-state index is 13.0. The highest BCUT2D eigenvalue weighted by Gasteiger charge is 2.26. The molecule has 0 atom stereocenters. The molecule has 0 radical (unpaired) electrons. The van der Waals surface area contributed by atoms with Crippen LogP contribution in [0.25, 0.3) is 5.69 Å². The molecule has 0 amide bonds. The topological polar surface area (TPSA) is 73.1 Å². The lowest BCUT2D eigenvalue weighted by atomic mass is 10.1. The van der Waals surface area contributed by atoms with Crippen LogP contribution in [0.3, 0.4) is 0 Å². The summed E-state index contributed by atoms with van der Waals surface area (Å²) in [7, 11) is -2.05. The standard InChI is InChI=1S/C18H21N3O3S2/c1-12(2)17-16(19-26(23,24)15-11-10-13(3)25-15)18(22)21(20(17)4)14-8-6-5-7-9-14/h5-12,19H,1-4H3. The Kier molecular flexibility index (Phi) is 4.81. The zero-order valence-electron chi connectivity index (χ0n) is 15.1. The van der Waals surface area contributed by atoms with Gasteiger partial charge in [-0.1, -0.05) is 32.0 Å². The lowest BCUT2D eigenvalue weighted by Gasteiger charge is -2.13. The largest absolute Gasteiger partial charge is 0.296 e. The smallest absolute Gasteiger partial charge is 0.283 e. The Hall–Kier alpha value is -2.32. The summed E-state index contributed by atoms with van der Waals surface area (Å²) in [5, 5.41) is 0. The molecule has 0 fully saturated rings. The van der Waals surface area contributed by atoms with Crippen LogP contribution < -0.4 is 10.3 Å². The Labute approximate surface area is 156 Å². The van der Waals surface area contributed by atoms with E-state index in [1.165, 1.54) is 16.0 Å². The quantitative estimate of drug-likeness (QED) is 0.724. The van der Waals surface area contributed by atoms with Crippen LogP contribution in [-0.4, -0.2) is 17.8 Å². The summed E-state index contributed by atoms with van der Waals surface area (Å²) in [5.41, 5.74) is 1.02. The van der Waals surface area contributed by atoms with E-state index in [1.807, 2.05) is 51.1 Å². The molecule has 0 aliphatic carbocycles. The fourth-order valence-corrected chi connectivity index (χ4v) is 5.34. The number of nitrogens with zero attached hydrogens (tertiary/aromatic N) is 2. The van der Waals surface area contributed by atoms with Crippen molar-refractivity contribution in [2.24, 2.45) is 7.05 Å². The van der Waals surface area contributed by atoms with Gasteiger partial charge in [0.05, 0.1) is 11.4 Å². The molecule has 0 unspecified atom stereocenters. The van der Waals surface area contributed by atoms with Gasteiger partial charge in [-0.05, 0) is 37.1 Å². The van der Waals surface area contributed by atoms with E-state index >= 15 is 0 Å². The number of thiophene rings is 1. The van der Waals surface area contributed by atoms with Crippen molar-refractivity contribution in [3.8, 4) is 5.69 Å². The molecule has 0 saturated heterocycles. The van der Waals surface area contributed by atoms with Crippen LogP contribution in [-0.2, 0) is 17.1 Å². The lowest BCUT2D eigenvalue weighted by molar-refractivity contribution is 0.594. The van der Waals surface area contributed by atoms with Crippen LogP contribution in [0.4, 0.5) is 5.69 Å². The van der Waals surface area contributed by atoms with E-state index in [1.54, 1.807) is 23.9 Å². The third-order valence-corrected chi connectivity index (χ3v) is 6.92. The van der Waals surface area contributed by atoms with Crippen molar-refractivity contribution in [3.63, 3.8) is 0 Å².